The molecule has 16 heteroatoms. The number of aliphatic hydroxyl groups is 3. The predicted octanol–water partition coefficient (Wildman–Crippen LogP) is 3.77. The van der Waals surface area contributed by atoms with E-state index in [4.69, 9.17) is 37.9 Å². The van der Waals surface area contributed by atoms with E-state index < -0.39 is 79.0 Å². The average Bonchev–Trinajstić information content (AvgIpc) is 3.26. The van der Waals surface area contributed by atoms with Crippen molar-refractivity contribution in [2.75, 3.05) is 20.3 Å². The van der Waals surface area contributed by atoms with E-state index in [2.05, 4.69) is 5.32 Å². The zero-order valence-corrected chi connectivity index (χ0v) is 31.8. The Kier molecular flexibility index (Phi) is 15.7. The monoisotopic (exact) mass is 804 g/mol. The van der Waals surface area contributed by atoms with Crippen molar-refractivity contribution in [2.45, 2.75) is 87.8 Å². The van der Waals surface area contributed by atoms with Gasteiger partial charge in [-0.1, -0.05) is 91.0 Å². The summed E-state index contributed by atoms with van der Waals surface area (Å²) in [5, 5.41) is 45.4. The van der Waals surface area contributed by atoms with Crippen LogP contribution in [0.5, 0.6) is 0 Å². The number of hydrogen-bond donors (Lipinski definition) is 4. The predicted molar refractivity (Wildman–Crippen MR) is 205 cm³/mol. The van der Waals surface area contributed by atoms with Crippen molar-refractivity contribution in [1.29, 1.82) is 0 Å². The number of rotatable bonds is 18. The van der Waals surface area contributed by atoms with E-state index in [1.54, 1.807) is 0 Å². The molecule has 0 saturated carbocycles. The SMILES string of the molecule is CO[C@H]1O[C@H](CO[C@@H]2O[C@H](CO)[C@@H](O)[C@H](O)[C@H]2NC(=O)OCc2ccc([N+](=O)[O-])cc2)[C@@H](OCc2ccccc2)[C@H](OCc2ccccc2)[C@H]1OCc1ccccc1. The lowest BCUT2D eigenvalue weighted by atomic mass is 9.96. The van der Waals surface area contributed by atoms with Crippen molar-refractivity contribution < 1.29 is 62.9 Å². The molecule has 0 bridgehead atoms. The first-order chi connectivity index (χ1) is 28.2. The highest BCUT2D eigenvalue weighted by Gasteiger charge is 2.51. The highest BCUT2D eigenvalue weighted by molar-refractivity contribution is 5.67. The molecular weight excluding hydrogens is 756 g/mol. The van der Waals surface area contributed by atoms with Gasteiger partial charge in [-0.25, -0.2) is 4.79 Å². The molecule has 4 N–H and O–H groups in total. The van der Waals surface area contributed by atoms with Gasteiger partial charge in [-0.05, 0) is 34.4 Å². The van der Waals surface area contributed by atoms with Crippen LogP contribution in [0.2, 0.25) is 0 Å². The molecule has 4 aromatic rings. The summed E-state index contributed by atoms with van der Waals surface area (Å²) in [6, 6.07) is 32.8. The molecule has 10 atom stereocenters. The molecule has 2 fully saturated rings. The summed E-state index contributed by atoms with van der Waals surface area (Å²) < 4.78 is 49.5. The number of nitrogens with zero attached hydrogens (tertiary/aromatic N) is 1. The minimum atomic E-state index is -1.66. The Labute approximate surface area is 335 Å². The van der Waals surface area contributed by atoms with Gasteiger partial charge in [-0.2, -0.15) is 0 Å². The molecule has 2 aliphatic heterocycles. The highest BCUT2D eigenvalue weighted by atomic mass is 16.7. The number of carbonyl (C=O) groups is 1. The number of non-ortho nitro benzene ring substituents is 1. The van der Waals surface area contributed by atoms with Crippen LogP contribution in [0, 0.1) is 10.1 Å². The third-order valence-electron chi connectivity index (χ3n) is 9.79. The van der Waals surface area contributed by atoms with Crippen LogP contribution in [0.1, 0.15) is 22.3 Å². The summed E-state index contributed by atoms with van der Waals surface area (Å²) >= 11 is 0. The maximum Gasteiger partial charge on any atom is 0.407 e. The molecule has 0 spiro atoms. The number of methoxy groups -OCH3 is 1. The van der Waals surface area contributed by atoms with Crippen molar-refractivity contribution in [3.8, 4) is 0 Å². The van der Waals surface area contributed by atoms with Gasteiger partial charge in [0, 0.05) is 19.2 Å². The van der Waals surface area contributed by atoms with Crippen LogP contribution in [-0.4, -0.2) is 108 Å². The third kappa shape index (κ3) is 11.4. The van der Waals surface area contributed by atoms with Gasteiger partial charge in [-0.15, -0.1) is 0 Å². The number of nitrogens with one attached hydrogen (secondary N) is 1. The van der Waals surface area contributed by atoms with Crippen LogP contribution in [-0.2, 0) is 64.3 Å². The molecule has 4 aromatic carbocycles. The Morgan fingerprint density at radius 1 is 0.655 bits per heavy atom. The topological polar surface area (TPSA) is 207 Å². The van der Waals surface area contributed by atoms with Gasteiger partial charge < -0.3 is 58.5 Å². The second-order valence-electron chi connectivity index (χ2n) is 13.8. The van der Waals surface area contributed by atoms with E-state index in [1.807, 2.05) is 91.0 Å². The number of benzene rings is 4. The summed E-state index contributed by atoms with van der Waals surface area (Å²) in [7, 11) is 1.48. The van der Waals surface area contributed by atoms with Gasteiger partial charge in [0.15, 0.2) is 12.6 Å². The Morgan fingerprint density at radius 2 is 1.16 bits per heavy atom. The number of nitro benzene ring substituents is 1. The number of aliphatic hydroxyl groups excluding tert-OH is 3. The van der Waals surface area contributed by atoms with Crippen LogP contribution in [0.15, 0.2) is 115 Å². The lowest BCUT2D eigenvalue weighted by Gasteiger charge is -2.46. The second kappa shape index (κ2) is 21.2. The lowest BCUT2D eigenvalue weighted by molar-refractivity contribution is -0.384. The zero-order chi connectivity index (χ0) is 40.9. The van der Waals surface area contributed by atoms with E-state index in [1.165, 1.54) is 31.4 Å². The summed E-state index contributed by atoms with van der Waals surface area (Å²) in [6.45, 7) is -0.598. The van der Waals surface area contributed by atoms with Gasteiger partial charge in [0.25, 0.3) is 5.69 Å². The highest BCUT2D eigenvalue weighted by Crippen LogP contribution is 2.32. The first-order valence-electron chi connectivity index (χ1n) is 18.8. The Balaban J connectivity index is 1.22. The molecule has 0 unspecified atom stereocenters. The summed E-state index contributed by atoms with van der Waals surface area (Å²) in [6.07, 6.45) is -11.3. The summed E-state index contributed by atoms with van der Waals surface area (Å²) in [4.78, 5) is 23.5. The van der Waals surface area contributed by atoms with Crippen LogP contribution >= 0.6 is 0 Å². The molecule has 6 rings (SSSR count). The number of alkyl carbamates (subject to hydrolysis) is 1. The molecule has 2 aliphatic rings. The van der Waals surface area contributed by atoms with Gasteiger partial charge in [0.2, 0.25) is 0 Å². The Morgan fingerprint density at radius 3 is 1.67 bits per heavy atom. The molecule has 310 valence electrons. The zero-order valence-electron chi connectivity index (χ0n) is 31.8. The fraction of sp³-hybridized carbons (Fsp3) is 0.405. The number of amides is 1. The van der Waals surface area contributed by atoms with Crippen molar-refractivity contribution in [2.24, 2.45) is 0 Å². The minimum absolute atomic E-state index is 0.126. The normalized spacial score (nSPS) is 27.1. The molecule has 16 nitrogen and oxygen atoms in total. The second-order valence-corrected chi connectivity index (χ2v) is 13.8. The number of nitro groups is 1. The molecular formula is C42H48N2O14. The minimum Gasteiger partial charge on any atom is -0.445 e. The van der Waals surface area contributed by atoms with Gasteiger partial charge >= 0.3 is 6.09 Å². The number of ether oxygens (including phenoxy) is 8. The number of carbonyl (C=O) groups excluding carboxylic acids is 1. The van der Waals surface area contributed by atoms with E-state index in [9.17, 15) is 30.2 Å². The molecule has 0 aliphatic carbocycles. The largest absolute Gasteiger partial charge is 0.445 e. The van der Waals surface area contributed by atoms with Crippen LogP contribution in [0.3, 0.4) is 0 Å². The van der Waals surface area contributed by atoms with Gasteiger partial charge in [0.05, 0.1) is 38.0 Å². The first-order valence-corrected chi connectivity index (χ1v) is 18.8. The van der Waals surface area contributed by atoms with Crippen LogP contribution < -0.4 is 5.32 Å². The van der Waals surface area contributed by atoms with Crippen LogP contribution in [0.25, 0.3) is 0 Å². The van der Waals surface area contributed by atoms with Gasteiger partial charge in [0.1, 0.15) is 55.4 Å². The molecule has 2 heterocycles. The quantitative estimate of drug-likeness (QED) is 0.0835. The molecule has 2 saturated heterocycles. The van der Waals surface area contributed by atoms with E-state index in [0.29, 0.717) is 5.56 Å². The molecule has 0 radical (unpaired) electrons. The van der Waals surface area contributed by atoms with E-state index >= 15 is 0 Å². The van der Waals surface area contributed by atoms with Gasteiger partial charge in [-0.3, -0.25) is 10.1 Å². The average molecular weight is 805 g/mol. The van der Waals surface area contributed by atoms with Crippen molar-refractivity contribution >= 4 is 11.8 Å². The molecule has 0 aromatic heterocycles. The third-order valence-corrected chi connectivity index (χ3v) is 9.79. The standard InChI is InChI=1S/C42H48N2O14/c1-51-41-39(54-24-29-15-9-4-10-16-29)38(53-23-28-13-7-3-8-14-28)37(52-22-27-11-5-2-6-12-27)33(58-41)26-55-40-34(36(47)35(46)32(21-45)57-40)43-42(48)56-25-30-17-19-31(20-18-30)44(49)50/h2-20,32-41,45-47H,21-26H2,1H3,(H,43,48)/t32-,33-,34-,35-,36-,37-,38+,39-,40-,41+/m1/s1. The van der Waals surface area contributed by atoms with Crippen LogP contribution in [0.4, 0.5) is 10.5 Å². The fourth-order valence-corrected chi connectivity index (χ4v) is 6.68. The maximum atomic E-state index is 13.0. The van der Waals surface area contributed by atoms with Crippen molar-refractivity contribution in [1.82, 2.24) is 5.32 Å². The Hall–Kier alpha value is -4.85. The number of hydrogen-bond acceptors (Lipinski definition) is 14. The fourth-order valence-electron chi connectivity index (χ4n) is 6.68. The summed E-state index contributed by atoms with van der Waals surface area (Å²) in [5.41, 5.74) is 3.05. The van der Waals surface area contributed by atoms with Crippen molar-refractivity contribution in [3.05, 3.63) is 148 Å². The van der Waals surface area contributed by atoms with Crippen molar-refractivity contribution in [3.63, 3.8) is 0 Å². The van der Waals surface area contributed by atoms with E-state index in [-0.39, 0.29) is 38.7 Å². The lowest BCUT2D eigenvalue weighted by Crippen LogP contribution is -2.66. The molecule has 58 heavy (non-hydrogen) atoms. The van der Waals surface area contributed by atoms with E-state index in [0.717, 1.165) is 16.7 Å². The summed E-state index contributed by atoms with van der Waals surface area (Å²) in [5.74, 6) is 0. The Bertz CT molecular complexity index is 1840. The first kappa shape index (κ1) is 42.7. The molecule has 1 amide bonds. The smallest absolute Gasteiger partial charge is 0.407 e. The maximum absolute atomic E-state index is 13.0.